The average Bonchev–Trinajstić information content (AvgIpc) is 2.35. The maximum atomic E-state index is 4.34. The van der Waals surface area contributed by atoms with E-state index >= 15 is 0 Å². The molecule has 0 aliphatic heterocycles. The Morgan fingerprint density at radius 1 is 1.11 bits per heavy atom. The fourth-order valence-corrected chi connectivity index (χ4v) is 1.82. The minimum Gasteiger partial charge on any atom is -0.354 e. The van der Waals surface area contributed by atoms with Crippen LogP contribution in [0.4, 0.5) is 5.95 Å². The van der Waals surface area contributed by atoms with Gasteiger partial charge in [0, 0.05) is 29.8 Å². The van der Waals surface area contributed by atoms with Crippen molar-refractivity contribution in [3.63, 3.8) is 0 Å². The second-order valence-electron chi connectivity index (χ2n) is 4.33. The first kappa shape index (κ1) is 12.5. The smallest absolute Gasteiger partial charge is 0.223 e. The molecule has 4 heteroatoms. The Balaban J connectivity index is 1.78. The first-order valence-corrected chi connectivity index (χ1v) is 6.20. The van der Waals surface area contributed by atoms with Gasteiger partial charge in [0.15, 0.2) is 0 Å². The average molecular weight is 242 g/mol. The molecular weight excluding hydrogens is 224 g/mol. The van der Waals surface area contributed by atoms with Crippen LogP contribution in [-0.4, -0.2) is 21.5 Å². The molecule has 4 nitrogen and oxygen atoms in total. The Morgan fingerprint density at radius 3 is 2.56 bits per heavy atom. The normalized spacial score (nSPS) is 10.3. The summed E-state index contributed by atoms with van der Waals surface area (Å²) in [6.07, 6.45) is 3.82. The quantitative estimate of drug-likeness (QED) is 0.819. The van der Waals surface area contributed by atoms with Crippen molar-refractivity contribution in [2.24, 2.45) is 0 Å². The number of aryl methyl sites for hydroxylation is 3. The van der Waals surface area contributed by atoms with Gasteiger partial charge >= 0.3 is 0 Å². The molecule has 2 aromatic rings. The predicted molar refractivity (Wildman–Crippen MR) is 72.6 cm³/mol. The second kappa shape index (κ2) is 6.10. The topological polar surface area (TPSA) is 50.7 Å². The van der Waals surface area contributed by atoms with Gasteiger partial charge in [0.25, 0.3) is 0 Å². The molecule has 2 rings (SSSR count). The molecule has 0 saturated carbocycles. The summed E-state index contributed by atoms with van der Waals surface area (Å²) in [5.41, 5.74) is 3.12. The van der Waals surface area contributed by atoms with E-state index in [9.17, 15) is 0 Å². The van der Waals surface area contributed by atoms with Crippen molar-refractivity contribution in [2.45, 2.75) is 26.7 Å². The molecule has 0 fully saturated rings. The molecule has 0 aliphatic carbocycles. The van der Waals surface area contributed by atoms with E-state index in [0.717, 1.165) is 36.5 Å². The van der Waals surface area contributed by atoms with Crippen molar-refractivity contribution < 1.29 is 0 Å². The molecule has 2 heterocycles. The third-order valence-electron chi connectivity index (χ3n) is 2.60. The summed E-state index contributed by atoms with van der Waals surface area (Å²) in [6, 6.07) is 7.97. The van der Waals surface area contributed by atoms with E-state index in [1.165, 1.54) is 0 Å². The fourth-order valence-electron chi connectivity index (χ4n) is 1.82. The molecule has 0 aliphatic rings. The van der Waals surface area contributed by atoms with E-state index in [0.29, 0.717) is 5.95 Å². The third kappa shape index (κ3) is 3.80. The van der Waals surface area contributed by atoms with Gasteiger partial charge in [-0.3, -0.25) is 4.98 Å². The number of anilines is 1. The van der Waals surface area contributed by atoms with Crippen LogP contribution >= 0.6 is 0 Å². The molecular formula is C14H18N4. The van der Waals surface area contributed by atoms with E-state index < -0.39 is 0 Å². The lowest BCUT2D eigenvalue weighted by Crippen LogP contribution is -2.08. The number of rotatable bonds is 5. The van der Waals surface area contributed by atoms with Crippen LogP contribution in [-0.2, 0) is 6.42 Å². The van der Waals surface area contributed by atoms with Crippen LogP contribution in [0.2, 0.25) is 0 Å². The molecule has 1 N–H and O–H groups in total. The van der Waals surface area contributed by atoms with Crippen LogP contribution in [0.5, 0.6) is 0 Å². The van der Waals surface area contributed by atoms with Gasteiger partial charge < -0.3 is 5.32 Å². The van der Waals surface area contributed by atoms with Crippen LogP contribution < -0.4 is 5.32 Å². The van der Waals surface area contributed by atoms with Gasteiger partial charge in [-0.2, -0.15) is 0 Å². The summed E-state index contributed by atoms with van der Waals surface area (Å²) >= 11 is 0. The summed E-state index contributed by atoms with van der Waals surface area (Å²) < 4.78 is 0. The third-order valence-corrected chi connectivity index (χ3v) is 2.60. The Morgan fingerprint density at radius 2 is 1.89 bits per heavy atom. The van der Waals surface area contributed by atoms with Crippen molar-refractivity contribution in [2.75, 3.05) is 11.9 Å². The number of nitrogens with one attached hydrogen (secondary N) is 1. The zero-order chi connectivity index (χ0) is 12.8. The van der Waals surface area contributed by atoms with Crippen LogP contribution in [0, 0.1) is 13.8 Å². The number of hydrogen-bond donors (Lipinski definition) is 1. The molecule has 0 amide bonds. The highest BCUT2D eigenvalue weighted by Gasteiger charge is 1.99. The van der Waals surface area contributed by atoms with E-state index in [2.05, 4.69) is 20.3 Å². The number of aromatic nitrogens is 3. The first-order valence-electron chi connectivity index (χ1n) is 6.20. The summed E-state index contributed by atoms with van der Waals surface area (Å²) in [5, 5.41) is 3.25. The highest BCUT2D eigenvalue weighted by atomic mass is 15.1. The van der Waals surface area contributed by atoms with Gasteiger partial charge in [0.2, 0.25) is 5.95 Å². The lowest BCUT2D eigenvalue weighted by Gasteiger charge is -2.06. The highest BCUT2D eigenvalue weighted by molar-refractivity contribution is 5.27. The fraction of sp³-hybridized carbons (Fsp3) is 0.357. The molecule has 2 aromatic heterocycles. The summed E-state index contributed by atoms with van der Waals surface area (Å²) in [4.78, 5) is 13.0. The van der Waals surface area contributed by atoms with Gasteiger partial charge in [0.05, 0.1) is 0 Å². The Hall–Kier alpha value is -1.97. The van der Waals surface area contributed by atoms with Gasteiger partial charge in [-0.1, -0.05) is 6.07 Å². The zero-order valence-electron chi connectivity index (χ0n) is 10.8. The Kier molecular flexibility index (Phi) is 4.23. The Bertz CT molecular complexity index is 476. The molecule has 0 unspecified atom stereocenters. The van der Waals surface area contributed by atoms with Crippen molar-refractivity contribution in [1.29, 1.82) is 0 Å². The Labute approximate surface area is 108 Å². The molecule has 0 radical (unpaired) electrons. The minimum absolute atomic E-state index is 0.716. The summed E-state index contributed by atoms with van der Waals surface area (Å²) in [6.45, 7) is 4.82. The summed E-state index contributed by atoms with van der Waals surface area (Å²) in [7, 11) is 0. The minimum atomic E-state index is 0.716. The number of hydrogen-bond acceptors (Lipinski definition) is 4. The molecule has 94 valence electrons. The molecule has 0 spiro atoms. The number of pyridine rings is 1. The molecule has 0 aromatic carbocycles. The first-order chi connectivity index (χ1) is 8.74. The van der Waals surface area contributed by atoms with Crippen molar-refractivity contribution in [3.05, 3.63) is 47.5 Å². The van der Waals surface area contributed by atoms with Crippen molar-refractivity contribution >= 4 is 5.95 Å². The SMILES string of the molecule is Cc1cc(C)nc(NCCCc2ccccn2)n1. The predicted octanol–water partition coefficient (Wildman–Crippen LogP) is 2.53. The lowest BCUT2D eigenvalue weighted by molar-refractivity contribution is 0.826. The van der Waals surface area contributed by atoms with Gasteiger partial charge in [-0.25, -0.2) is 9.97 Å². The molecule has 0 bridgehead atoms. The standard InChI is InChI=1S/C14H18N4/c1-11-10-12(2)18-14(17-11)16-9-5-7-13-6-3-4-8-15-13/h3-4,6,8,10H,5,7,9H2,1-2H3,(H,16,17,18). The van der Waals surface area contributed by atoms with Crippen molar-refractivity contribution in [3.8, 4) is 0 Å². The molecule has 0 atom stereocenters. The van der Waals surface area contributed by atoms with E-state index in [-0.39, 0.29) is 0 Å². The number of nitrogens with zero attached hydrogens (tertiary/aromatic N) is 3. The largest absolute Gasteiger partial charge is 0.354 e. The maximum absolute atomic E-state index is 4.34. The van der Waals surface area contributed by atoms with Crippen molar-refractivity contribution in [1.82, 2.24) is 15.0 Å². The van der Waals surface area contributed by atoms with E-state index in [4.69, 9.17) is 0 Å². The van der Waals surface area contributed by atoms with E-state index in [1.54, 1.807) is 0 Å². The van der Waals surface area contributed by atoms with Crippen LogP contribution in [0.1, 0.15) is 23.5 Å². The van der Waals surface area contributed by atoms with Gasteiger partial charge in [0.1, 0.15) is 0 Å². The highest BCUT2D eigenvalue weighted by Crippen LogP contribution is 2.04. The van der Waals surface area contributed by atoms with Gasteiger partial charge in [-0.05, 0) is 44.9 Å². The molecule has 0 saturated heterocycles. The lowest BCUT2D eigenvalue weighted by atomic mass is 10.2. The maximum Gasteiger partial charge on any atom is 0.223 e. The summed E-state index contributed by atoms with van der Waals surface area (Å²) in [5.74, 6) is 0.716. The molecule has 18 heavy (non-hydrogen) atoms. The van der Waals surface area contributed by atoms with Gasteiger partial charge in [-0.15, -0.1) is 0 Å². The monoisotopic (exact) mass is 242 g/mol. The van der Waals surface area contributed by atoms with Crippen LogP contribution in [0.25, 0.3) is 0 Å². The van der Waals surface area contributed by atoms with E-state index in [1.807, 2.05) is 44.3 Å². The van der Waals surface area contributed by atoms with Crippen LogP contribution in [0.3, 0.4) is 0 Å². The zero-order valence-corrected chi connectivity index (χ0v) is 10.8. The van der Waals surface area contributed by atoms with Crippen LogP contribution in [0.15, 0.2) is 30.5 Å². The second-order valence-corrected chi connectivity index (χ2v) is 4.33.